The van der Waals surface area contributed by atoms with Gasteiger partial charge in [0, 0.05) is 44.6 Å². The number of ether oxygens (including phenoxy) is 1. The number of guanidine groups is 1. The first-order chi connectivity index (χ1) is 14.4. The fraction of sp³-hybridized carbons (Fsp3) is 0.421. The number of aromatic nitrogens is 2. The molecular formula is C19H23F4IN6O. The molecule has 0 aromatic carbocycles. The van der Waals surface area contributed by atoms with E-state index in [1.807, 2.05) is 4.90 Å². The lowest BCUT2D eigenvalue weighted by Crippen LogP contribution is -2.45. The third-order valence-corrected chi connectivity index (χ3v) is 4.50. The largest absolute Gasteiger partial charge is 0.476 e. The van der Waals surface area contributed by atoms with E-state index in [-0.39, 0.29) is 48.3 Å². The lowest BCUT2D eigenvalue weighted by molar-refractivity contribution is -0.137. The van der Waals surface area contributed by atoms with Gasteiger partial charge in [-0.25, -0.2) is 14.4 Å². The highest BCUT2D eigenvalue weighted by Crippen LogP contribution is 2.29. The van der Waals surface area contributed by atoms with E-state index in [1.165, 1.54) is 12.1 Å². The Morgan fingerprint density at radius 3 is 2.74 bits per heavy atom. The van der Waals surface area contributed by atoms with Gasteiger partial charge in [-0.2, -0.15) is 13.2 Å². The lowest BCUT2D eigenvalue weighted by atomic mass is 10.3. The van der Waals surface area contributed by atoms with Crippen molar-refractivity contribution in [1.82, 2.24) is 20.6 Å². The maximum Gasteiger partial charge on any atom is 0.417 e. The second-order valence-corrected chi connectivity index (χ2v) is 6.62. The van der Waals surface area contributed by atoms with Crippen LogP contribution in [0.5, 0.6) is 5.88 Å². The number of nitrogens with zero attached hydrogens (tertiary/aromatic N) is 4. The molecule has 0 saturated carbocycles. The van der Waals surface area contributed by atoms with E-state index in [0.717, 1.165) is 18.7 Å². The average molecular weight is 554 g/mol. The standard InChI is InChI=1S/C19H22F4N6O.HI/c1-24-18(26-8-10-30-16-5-4-13(11-27-16)19(21,22)23)28-14-6-9-29(12-14)17-15(20)3-2-7-25-17;/h2-5,7,11,14H,6,8-10,12H2,1H3,(H2,24,26,28);1H. The minimum atomic E-state index is -4.43. The molecule has 31 heavy (non-hydrogen) atoms. The van der Waals surface area contributed by atoms with Gasteiger partial charge >= 0.3 is 6.18 Å². The maximum atomic E-state index is 13.9. The quantitative estimate of drug-likeness (QED) is 0.188. The first kappa shape index (κ1) is 24.9. The smallest absolute Gasteiger partial charge is 0.417 e. The average Bonchev–Trinajstić information content (AvgIpc) is 3.18. The summed E-state index contributed by atoms with van der Waals surface area (Å²) in [6.07, 6.45) is -1.34. The second-order valence-electron chi connectivity index (χ2n) is 6.62. The van der Waals surface area contributed by atoms with Crippen molar-refractivity contribution < 1.29 is 22.3 Å². The summed E-state index contributed by atoms with van der Waals surface area (Å²) < 4.78 is 56.8. The molecule has 0 radical (unpaired) electrons. The van der Waals surface area contributed by atoms with E-state index in [9.17, 15) is 17.6 Å². The first-order valence-electron chi connectivity index (χ1n) is 9.35. The molecule has 0 bridgehead atoms. The highest BCUT2D eigenvalue weighted by atomic mass is 127. The van der Waals surface area contributed by atoms with Gasteiger partial charge in [0.05, 0.1) is 12.1 Å². The van der Waals surface area contributed by atoms with Crippen LogP contribution in [0.2, 0.25) is 0 Å². The van der Waals surface area contributed by atoms with Gasteiger partial charge in [-0.1, -0.05) is 0 Å². The van der Waals surface area contributed by atoms with Crippen LogP contribution >= 0.6 is 24.0 Å². The van der Waals surface area contributed by atoms with Crippen molar-refractivity contribution in [3.8, 4) is 5.88 Å². The highest BCUT2D eigenvalue weighted by molar-refractivity contribution is 14.0. The fourth-order valence-electron chi connectivity index (χ4n) is 3.03. The van der Waals surface area contributed by atoms with Gasteiger partial charge in [0.1, 0.15) is 6.61 Å². The van der Waals surface area contributed by atoms with Crippen LogP contribution in [0.25, 0.3) is 0 Å². The van der Waals surface area contributed by atoms with Crippen LogP contribution in [-0.4, -0.2) is 55.3 Å². The summed E-state index contributed by atoms with van der Waals surface area (Å²) in [5.41, 5.74) is -0.825. The summed E-state index contributed by atoms with van der Waals surface area (Å²) in [6, 6.07) is 5.11. The lowest BCUT2D eigenvalue weighted by Gasteiger charge is -2.20. The van der Waals surface area contributed by atoms with Gasteiger partial charge in [0.25, 0.3) is 0 Å². The highest BCUT2D eigenvalue weighted by Gasteiger charge is 2.30. The van der Waals surface area contributed by atoms with Crippen LogP contribution in [-0.2, 0) is 6.18 Å². The Hall–Kier alpha value is -2.38. The van der Waals surface area contributed by atoms with Crippen molar-refractivity contribution >= 4 is 35.8 Å². The molecule has 1 saturated heterocycles. The normalized spacial score (nSPS) is 16.6. The van der Waals surface area contributed by atoms with Crippen LogP contribution in [0, 0.1) is 5.82 Å². The topological polar surface area (TPSA) is 74.7 Å². The van der Waals surface area contributed by atoms with E-state index in [1.54, 1.807) is 19.3 Å². The first-order valence-corrected chi connectivity index (χ1v) is 9.35. The zero-order valence-electron chi connectivity index (χ0n) is 16.7. The molecule has 170 valence electrons. The molecule has 1 aliphatic rings. The summed E-state index contributed by atoms with van der Waals surface area (Å²) in [7, 11) is 1.62. The number of anilines is 1. The molecule has 3 rings (SSSR count). The third kappa shape index (κ3) is 7.08. The molecule has 1 fully saturated rings. The molecule has 0 spiro atoms. The van der Waals surface area contributed by atoms with Gasteiger partial charge in [0.2, 0.25) is 5.88 Å². The molecule has 12 heteroatoms. The van der Waals surface area contributed by atoms with Gasteiger partial charge < -0.3 is 20.3 Å². The van der Waals surface area contributed by atoms with Crippen LogP contribution < -0.4 is 20.3 Å². The Bertz CT molecular complexity index is 865. The minimum absolute atomic E-state index is 0. The van der Waals surface area contributed by atoms with Gasteiger partial charge in [-0.05, 0) is 24.6 Å². The number of hydrogen-bond donors (Lipinski definition) is 2. The molecule has 1 atom stereocenters. The van der Waals surface area contributed by atoms with Crippen LogP contribution in [0.15, 0.2) is 41.7 Å². The summed E-state index contributed by atoms with van der Waals surface area (Å²) in [4.78, 5) is 13.8. The van der Waals surface area contributed by atoms with Gasteiger partial charge in [0.15, 0.2) is 17.6 Å². The van der Waals surface area contributed by atoms with E-state index in [2.05, 4.69) is 25.6 Å². The summed E-state index contributed by atoms with van der Waals surface area (Å²) in [6.45, 7) is 1.81. The van der Waals surface area contributed by atoms with Crippen LogP contribution in [0.3, 0.4) is 0 Å². The number of halogens is 5. The molecule has 2 aromatic heterocycles. The van der Waals surface area contributed by atoms with E-state index in [0.29, 0.717) is 31.4 Å². The molecular weight excluding hydrogens is 531 g/mol. The van der Waals surface area contributed by atoms with E-state index < -0.39 is 11.7 Å². The number of hydrogen-bond acceptors (Lipinski definition) is 5. The molecule has 1 unspecified atom stereocenters. The second kappa shape index (κ2) is 11.3. The number of alkyl halides is 3. The van der Waals surface area contributed by atoms with Crippen molar-refractivity contribution in [2.24, 2.45) is 4.99 Å². The Balaban J connectivity index is 0.00000341. The van der Waals surface area contributed by atoms with Crippen molar-refractivity contribution in [2.45, 2.75) is 18.6 Å². The van der Waals surface area contributed by atoms with Crippen LogP contribution in [0.4, 0.5) is 23.4 Å². The van der Waals surface area contributed by atoms with E-state index in [4.69, 9.17) is 4.74 Å². The monoisotopic (exact) mass is 554 g/mol. The molecule has 1 aliphatic heterocycles. The summed E-state index contributed by atoms with van der Waals surface area (Å²) >= 11 is 0. The number of pyridine rings is 2. The van der Waals surface area contributed by atoms with Crippen molar-refractivity contribution in [3.05, 3.63) is 48.0 Å². The molecule has 3 heterocycles. The number of aliphatic imine (C=N–C) groups is 1. The van der Waals surface area contributed by atoms with Crippen molar-refractivity contribution in [1.29, 1.82) is 0 Å². The maximum absolute atomic E-state index is 13.9. The zero-order chi connectivity index (χ0) is 21.6. The predicted molar refractivity (Wildman–Crippen MR) is 119 cm³/mol. The minimum Gasteiger partial charge on any atom is -0.476 e. The van der Waals surface area contributed by atoms with Crippen LogP contribution in [0.1, 0.15) is 12.0 Å². The number of nitrogens with one attached hydrogen (secondary N) is 2. The SMILES string of the molecule is CN=C(NCCOc1ccc(C(F)(F)F)cn1)NC1CCN(c2ncccc2F)C1.I. The van der Waals surface area contributed by atoms with E-state index >= 15 is 0 Å². The molecule has 7 nitrogen and oxygen atoms in total. The van der Waals surface area contributed by atoms with Crippen molar-refractivity contribution in [3.63, 3.8) is 0 Å². The summed E-state index contributed by atoms with van der Waals surface area (Å²) in [5.74, 6) is 0.640. The zero-order valence-corrected chi connectivity index (χ0v) is 19.0. The molecule has 2 aromatic rings. The Kier molecular flexibility index (Phi) is 9.07. The van der Waals surface area contributed by atoms with Crippen molar-refractivity contribution in [2.75, 3.05) is 38.2 Å². The summed E-state index contributed by atoms with van der Waals surface area (Å²) in [5, 5.41) is 6.32. The Morgan fingerprint density at radius 1 is 1.29 bits per heavy atom. The van der Waals surface area contributed by atoms with Gasteiger partial charge in [-0.15, -0.1) is 24.0 Å². The molecule has 0 aliphatic carbocycles. The number of rotatable bonds is 6. The Labute approximate surface area is 194 Å². The molecule has 0 amide bonds. The third-order valence-electron chi connectivity index (χ3n) is 4.50. The Morgan fingerprint density at radius 2 is 2.10 bits per heavy atom. The molecule has 2 N–H and O–H groups in total. The fourth-order valence-corrected chi connectivity index (χ4v) is 3.03. The predicted octanol–water partition coefficient (Wildman–Crippen LogP) is 3.08. The van der Waals surface area contributed by atoms with Gasteiger partial charge in [-0.3, -0.25) is 4.99 Å².